The Hall–Kier alpha value is -0.690. The summed E-state index contributed by atoms with van der Waals surface area (Å²) in [6, 6.07) is 4.39. The summed E-state index contributed by atoms with van der Waals surface area (Å²) < 4.78 is 13.7. The second kappa shape index (κ2) is 8.56. The second-order valence-corrected chi connectivity index (χ2v) is 5.33. The molecule has 0 radical (unpaired) electrons. The van der Waals surface area contributed by atoms with E-state index in [2.05, 4.69) is 31.5 Å². The van der Waals surface area contributed by atoms with Crippen molar-refractivity contribution in [3.63, 3.8) is 0 Å². The molecule has 1 aromatic carbocycles. The summed E-state index contributed by atoms with van der Waals surface area (Å²) in [4.78, 5) is 14.1. The molecule has 1 heterocycles. The van der Waals surface area contributed by atoms with E-state index in [0.29, 0.717) is 16.6 Å². The molecule has 2 rings (SSSR count). The van der Waals surface area contributed by atoms with Gasteiger partial charge in [-0.15, -0.1) is 12.4 Å². The predicted octanol–water partition coefficient (Wildman–Crippen LogP) is 1.65. The highest BCUT2D eigenvalue weighted by Crippen LogP contribution is 2.16. The van der Waals surface area contributed by atoms with Gasteiger partial charge in [0.15, 0.2) is 0 Å². The van der Waals surface area contributed by atoms with Gasteiger partial charge in [-0.25, -0.2) is 4.39 Å². The summed E-state index contributed by atoms with van der Waals surface area (Å²) in [7, 11) is 0. The molecule has 7 heteroatoms. The van der Waals surface area contributed by atoms with Gasteiger partial charge in [0.1, 0.15) is 5.82 Å². The van der Waals surface area contributed by atoms with Crippen molar-refractivity contribution in [3.8, 4) is 0 Å². The Morgan fingerprint density at radius 2 is 2.10 bits per heavy atom. The molecule has 1 fully saturated rings. The van der Waals surface area contributed by atoms with Crippen molar-refractivity contribution in [2.45, 2.75) is 0 Å². The largest absolute Gasteiger partial charge is 0.351 e. The average molecular weight is 367 g/mol. The van der Waals surface area contributed by atoms with E-state index in [-0.39, 0.29) is 18.3 Å². The Balaban J connectivity index is 0.00000200. The van der Waals surface area contributed by atoms with Crippen LogP contribution >= 0.6 is 28.3 Å². The molecule has 20 heavy (non-hydrogen) atoms. The molecule has 4 nitrogen and oxygen atoms in total. The molecule has 1 aromatic rings. The fourth-order valence-electron chi connectivity index (χ4n) is 2.00. The third-order valence-electron chi connectivity index (χ3n) is 3.10. The number of carbonyl (C=O) groups excluding carboxylic acids is 1. The normalized spacial score (nSPS) is 15.5. The van der Waals surface area contributed by atoms with Gasteiger partial charge >= 0.3 is 0 Å². The van der Waals surface area contributed by atoms with E-state index >= 15 is 0 Å². The summed E-state index contributed by atoms with van der Waals surface area (Å²) >= 11 is 3.06. The lowest BCUT2D eigenvalue weighted by Gasteiger charge is -2.27. The van der Waals surface area contributed by atoms with Crippen molar-refractivity contribution in [2.75, 3.05) is 39.3 Å². The molecule has 0 aliphatic carbocycles. The zero-order chi connectivity index (χ0) is 13.7. The van der Waals surface area contributed by atoms with Gasteiger partial charge < -0.3 is 10.6 Å². The fourth-order valence-corrected chi connectivity index (χ4v) is 2.25. The number of nitrogens with zero attached hydrogens (tertiary/aromatic N) is 1. The molecule has 0 spiro atoms. The number of hydrogen-bond donors (Lipinski definition) is 2. The lowest BCUT2D eigenvalue weighted by Crippen LogP contribution is -2.46. The number of hydrogen-bond acceptors (Lipinski definition) is 3. The van der Waals surface area contributed by atoms with Crippen LogP contribution in [0.3, 0.4) is 0 Å². The first-order valence-electron chi connectivity index (χ1n) is 6.33. The maximum Gasteiger partial charge on any atom is 0.251 e. The highest BCUT2D eigenvalue weighted by atomic mass is 79.9. The van der Waals surface area contributed by atoms with Gasteiger partial charge in [-0.3, -0.25) is 9.69 Å². The number of piperazine rings is 1. The van der Waals surface area contributed by atoms with E-state index in [4.69, 9.17) is 0 Å². The van der Waals surface area contributed by atoms with Gasteiger partial charge in [0.05, 0.1) is 4.47 Å². The van der Waals surface area contributed by atoms with Crippen LogP contribution in [0.4, 0.5) is 4.39 Å². The summed E-state index contributed by atoms with van der Waals surface area (Å²) in [6.45, 7) is 5.40. The first-order valence-corrected chi connectivity index (χ1v) is 7.12. The predicted molar refractivity (Wildman–Crippen MR) is 83.0 cm³/mol. The number of halogens is 3. The Morgan fingerprint density at radius 3 is 2.75 bits per heavy atom. The van der Waals surface area contributed by atoms with Crippen LogP contribution in [0.1, 0.15) is 10.4 Å². The highest BCUT2D eigenvalue weighted by molar-refractivity contribution is 9.10. The van der Waals surface area contributed by atoms with Gasteiger partial charge in [-0.1, -0.05) is 0 Å². The van der Waals surface area contributed by atoms with Crippen LogP contribution in [0, 0.1) is 5.82 Å². The number of carbonyl (C=O) groups is 1. The van der Waals surface area contributed by atoms with E-state index in [0.717, 1.165) is 32.7 Å². The molecule has 0 bridgehead atoms. The molecule has 1 amide bonds. The number of amides is 1. The lowest BCUT2D eigenvalue weighted by atomic mass is 10.2. The molecule has 0 unspecified atom stereocenters. The van der Waals surface area contributed by atoms with Gasteiger partial charge in [-0.05, 0) is 34.1 Å². The Bertz CT molecular complexity index is 455. The molecule has 1 aliphatic rings. The van der Waals surface area contributed by atoms with Crippen molar-refractivity contribution in [1.82, 2.24) is 15.5 Å². The van der Waals surface area contributed by atoms with E-state index in [1.165, 1.54) is 6.07 Å². The maximum absolute atomic E-state index is 13.3. The molecule has 0 saturated carbocycles. The summed E-state index contributed by atoms with van der Waals surface area (Å²) in [6.07, 6.45) is 0. The summed E-state index contributed by atoms with van der Waals surface area (Å²) in [5, 5.41) is 6.09. The third kappa shape index (κ3) is 5.01. The number of rotatable bonds is 4. The summed E-state index contributed by atoms with van der Waals surface area (Å²) in [5.41, 5.74) is 0.348. The van der Waals surface area contributed by atoms with Crippen LogP contribution in [-0.2, 0) is 0 Å². The number of benzene rings is 1. The van der Waals surface area contributed by atoms with E-state index in [1.54, 1.807) is 12.1 Å². The molecular weight excluding hydrogens is 349 g/mol. The molecule has 2 N–H and O–H groups in total. The van der Waals surface area contributed by atoms with Crippen LogP contribution in [0.15, 0.2) is 22.7 Å². The standard InChI is InChI=1S/C13H17BrFN3O.ClH/c14-11-2-1-10(9-12(11)15)13(19)17-5-8-18-6-3-16-4-7-18;/h1-2,9,16H,3-8H2,(H,17,19);1H. The maximum atomic E-state index is 13.3. The van der Waals surface area contributed by atoms with Crippen molar-refractivity contribution < 1.29 is 9.18 Å². The minimum Gasteiger partial charge on any atom is -0.351 e. The smallest absolute Gasteiger partial charge is 0.251 e. The minimum atomic E-state index is -0.422. The molecule has 1 aliphatic heterocycles. The highest BCUT2D eigenvalue weighted by Gasteiger charge is 2.11. The zero-order valence-electron chi connectivity index (χ0n) is 11.0. The van der Waals surface area contributed by atoms with Gasteiger partial charge in [0, 0.05) is 44.8 Å². The first-order chi connectivity index (χ1) is 9.16. The van der Waals surface area contributed by atoms with Crippen LogP contribution in [-0.4, -0.2) is 50.1 Å². The third-order valence-corrected chi connectivity index (χ3v) is 3.75. The van der Waals surface area contributed by atoms with Crippen molar-refractivity contribution in [3.05, 3.63) is 34.1 Å². The molecule has 112 valence electrons. The van der Waals surface area contributed by atoms with Crippen LogP contribution < -0.4 is 10.6 Å². The van der Waals surface area contributed by atoms with E-state index in [9.17, 15) is 9.18 Å². The molecule has 0 aromatic heterocycles. The molecule has 1 saturated heterocycles. The van der Waals surface area contributed by atoms with Gasteiger partial charge in [0.2, 0.25) is 0 Å². The van der Waals surface area contributed by atoms with Crippen molar-refractivity contribution in [2.24, 2.45) is 0 Å². The average Bonchev–Trinajstić information content (AvgIpc) is 2.43. The second-order valence-electron chi connectivity index (χ2n) is 4.48. The zero-order valence-corrected chi connectivity index (χ0v) is 13.4. The fraction of sp³-hybridized carbons (Fsp3) is 0.462. The Labute approximate surface area is 132 Å². The minimum absolute atomic E-state index is 0. The van der Waals surface area contributed by atoms with Crippen LogP contribution in [0.2, 0.25) is 0 Å². The lowest BCUT2D eigenvalue weighted by molar-refractivity contribution is 0.0947. The molecule has 0 atom stereocenters. The molecular formula is C13H18BrClFN3O. The topological polar surface area (TPSA) is 44.4 Å². The Morgan fingerprint density at radius 1 is 1.40 bits per heavy atom. The SMILES string of the molecule is Cl.O=C(NCCN1CCNCC1)c1ccc(Br)c(F)c1. The van der Waals surface area contributed by atoms with E-state index in [1.807, 2.05) is 0 Å². The quantitative estimate of drug-likeness (QED) is 0.851. The van der Waals surface area contributed by atoms with Gasteiger partial charge in [-0.2, -0.15) is 0 Å². The summed E-state index contributed by atoms with van der Waals surface area (Å²) in [5.74, 6) is -0.656. The monoisotopic (exact) mass is 365 g/mol. The van der Waals surface area contributed by atoms with Crippen LogP contribution in [0.25, 0.3) is 0 Å². The van der Waals surface area contributed by atoms with E-state index < -0.39 is 5.82 Å². The Kier molecular flexibility index (Phi) is 7.43. The van der Waals surface area contributed by atoms with Crippen molar-refractivity contribution >= 4 is 34.2 Å². The number of nitrogens with one attached hydrogen (secondary N) is 2. The van der Waals surface area contributed by atoms with Crippen molar-refractivity contribution in [1.29, 1.82) is 0 Å². The van der Waals surface area contributed by atoms with Crippen LogP contribution in [0.5, 0.6) is 0 Å². The van der Waals surface area contributed by atoms with Gasteiger partial charge in [0.25, 0.3) is 5.91 Å². The first kappa shape index (κ1) is 17.4.